The van der Waals surface area contributed by atoms with E-state index in [1.807, 2.05) is 6.92 Å². The summed E-state index contributed by atoms with van der Waals surface area (Å²) >= 11 is 0. The number of halogens is 1. The fourth-order valence-electron chi connectivity index (χ4n) is 1.73. The highest BCUT2D eigenvalue weighted by Gasteiger charge is 2.06. The minimum absolute atomic E-state index is 0.279. The average Bonchev–Trinajstić information content (AvgIpc) is 2.48. The zero-order valence-electron chi connectivity index (χ0n) is 11.1. The fourth-order valence-corrected chi connectivity index (χ4v) is 1.73. The first-order chi connectivity index (χ1) is 9.72. The van der Waals surface area contributed by atoms with Crippen LogP contribution in [-0.2, 0) is 6.61 Å². The van der Waals surface area contributed by atoms with Crippen LogP contribution in [0.4, 0.5) is 4.39 Å². The monoisotopic (exact) mass is 274 g/mol. The maximum absolute atomic E-state index is 12.8. The molecule has 2 rings (SSSR count). The zero-order chi connectivity index (χ0) is 14.4. The molecule has 0 atom stereocenters. The van der Waals surface area contributed by atoms with Crippen molar-refractivity contribution in [2.45, 2.75) is 13.5 Å². The smallest absolute Gasteiger partial charge is 0.161 e. The van der Waals surface area contributed by atoms with Gasteiger partial charge < -0.3 is 9.47 Å². The van der Waals surface area contributed by atoms with Gasteiger partial charge in [0, 0.05) is 5.56 Å². The Morgan fingerprint density at radius 2 is 1.80 bits per heavy atom. The number of aldehydes is 1. The Morgan fingerprint density at radius 1 is 1.05 bits per heavy atom. The molecule has 3 nitrogen and oxygen atoms in total. The van der Waals surface area contributed by atoms with Crippen LogP contribution in [0.5, 0.6) is 11.5 Å². The molecule has 0 N–H and O–H groups in total. The van der Waals surface area contributed by atoms with Crippen molar-refractivity contribution in [3.8, 4) is 11.5 Å². The van der Waals surface area contributed by atoms with Gasteiger partial charge in [-0.25, -0.2) is 4.39 Å². The highest BCUT2D eigenvalue weighted by atomic mass is 19.1. The van der Waals surface area contributed by atoms with Gasteiger partial charge in [0.2, 0.25) is 0 Å². The molecule has 0 radical (unpaired) electrons. The molecule has 0 saturated heterocycles. The second-order valence-corrected chi connectivity index (χ2v) is 4.17. The lowest BCUT2D eigenvalue weighted by atomic mass is 10.2. The summed E-state index contributed by atoms with van der Waals surface area (Å²) in [5.41, 5.74) is 1.39. The molecule has 0 spiro atoms. The maximum atomic E-state index is 12.8. The van der Waals surface area contributed by atoms with E-state index in [1.54, 1.807) is 30.3 Å². The van der Waals surface area contributed by atoms with E-state index in [0.29, 0.717) is 30.3 Å². The van der Waals surface area contributed by atoms with Crippen LogP contribution in [-0.4, -0.2) is 12.9 Å². The van der Waals surface area contributed by atoms with Gasteiger partial charge in [-0.15, -0.1) is 0 Å². The van der Waals surface area contributed by atoms with Crippen LogP contribution < -0.4 is 9.47 Å². The molecule has 2 aromatic rings. The summed E-state index contributed by atoms with van der Waals surface area (Å²) in [6, 6.07) is 11.1. The third kappa shape index (κ3) is 3.57. The summed E-state index contributed by atoms with van der Waals surface area (Å²) < 4.78 is 23.9. The third-order valence-electron chi connectivity index (χ3n) is 2.71. The molecule has 0 bridgehead atoms. The van der Waals surface area contributed by atoms with E-state index in [0.717, 1.165) is 11.8 Å². The van der Waals surface area contributed by atoms with Gasteiger partial charge in [0.1, 0.15) is 18.7 Å². The Kier molecular flexibility index (Phi) is 4.71. The lowest BCUT2D eigenvalue weighted by molar-refractivity contribution is 0.112. The summed E-state index contributed by atoms with van der Waals surface area (Å²) in [5, 5.41) is 0. The topological polar surface area (TPSA) is 35.5 Å². The van der Waals surface area contributed by atoms with Crippen molar-refractivity contribution in [3.63, 3.8) is 0 Å². The normalized spacial score (nSPS) is 10.1. The molecule has 4 heteroatoms. The van der Waals surface area contributed by atoms with Crippen molar-refractivity contribution in [2.75, 3.05) is 6.61 Å². The van der Waals surface area contributed by atoms with E-state index in [4.69, 9.17) is 9.47 Å². The largest absolute Gasteiger partial charge is 0.490 e. The van der Waals surface area contributed by atoms with Gasteiger partial charge in [0.05, 0.1) is 6.61 Å². The van der Waals surface area contributed by atoms with E-state index in [-0.39, 0.29) is 5.82 Å². The average molecular weight is 274 g/mol. The predicted octanol–water partition coefficient (Wildman–Crippen LogP) is 3.62. The maximum Gasteiger partial charge on any atom is 0.161 e. The van der Waals surface area contributed by atoms with Crippen molar-refractivity contribution < 1.29 is 18.7 Å². The first-order valence-electron chi connectivity index (χ1n) is 6.32. The van der Waals surface area contributed by atoms with Gasteiger partial charge in [0.25, 0.3) is 0 Å². The molecule has 0 unspecified atom stereocenters. The van der Waals surface area contributed by atoms with Gasteiger partial charge in [-0.3, -0.25) is 4.79 Å². The number of hydrogen-bond donors (Lipinski definition) is 0. The first kappa shape index (κ1) is 14.1. The lowest BCUT2D eigenvalue weighted by Gasteiger charge is -2.12. The molecule has 0 aliphatic carbocycles. The highest BCUT2D eigenvalue weighted by Crippen LogP contribution is 2.28. The Morgan fingerprint density at radius 3 is 2.45 bits per heavy atom. The van der Waals surface area contributed by atoms with Crippen molar-refractivity contribution in [2.24, 2.45) is 0 Å². The minimum atomic E-state index is -0.279. The number of benzene rings is 2. The van der Waals surface area contributed by atoms with Crippen molar-refractivity contribution >= 4 is 6.29 Å². The Balaban J connectivity index is 2.11. The highest BCUT2D eigenvalue weighted by molar-refractivity contribution is 5.76. The molecule has 0 aromatic heterocycles. The van der Waals surface area contributed by atoms with E-state index >= 15 is 0 Å². The van der Waals surface area contributed by atoms with Crippen LogP contribution in [0.1, 0.15) is 22.8 Å². The molecule has 0 saturated carbocycles. The summed E-state index contributed by atoms with van der Waals surface area (Å²) in [6.07, 6.45) is 0.756. The molecule has 0 heterocycles. The minimum Gasteiger partial charge on any atom is -0.490 e. The Hall–Kier alpha value is -2.36. The molecule has 2 aromatic carbocycles. The summed E-state index contributed by atoms with van der Waals surface area (Å²) in [4.78, 5) is 10.8. The van der Waals surface area contributed by atoms with Gasteiger partial charge in [-0.1, -0.05) is 12.1 Å². The predicted molar refractivity (Wildman–Crippen MR) is 73.7 cm³/mol. The number of rotatable bonds is 6. The summed E-state index contributed by atoms with van der Waals surface area (Å²) in [5.74, 6) is 0.806. The number of ether oxygens (including phenoxy) is 2. The van der Waals surface area contributed by atoms with Crippen molar-refractivity contribution in [3.05, 3.63) is 59.4 Å². The van der Waals surface area contributed by atoms with E-state index in [2.05, 4.69) is 0 Å². The molecule has 0 fully saturated rings. The van der Waals surface area contributed by atoms with Gasteiger partial charge in [0.15, 0.2) is 11.5 Å². The zero-order valence-corrected chi connectivity index (χ0v) is 11.1. The molecule has 104 valence electrons. The Labute approximate surface area is 117 Å². The van der Waals surface area contributed by atoms with Gasteiger partial charge in [-0.05, 0) is 42.8 Å². The summed E-state index contributed by atoms with van der Waals surface area (Å²) in [6.45, 7) is 2.65. The molecule has 0 aliphatic rings. The Bertz CT molecular complexity index is 579. The SMILES string of the molecule is CCOc1cc(C=O)ccc1OCc1ccc(F)cc1. The van der Waals surface area contributed by atoms with E-state index < -0.39 is 0 Å². The molecule has 0 aliphatic heterocycles. The molecular weight excluding hydrogens is 259 g/mol. The first-order valence-corrected chi connectivity index (χ1v) is 6.32. The standard InChI is InChI=1S/C16H15FO3/c1-2-19-16-9-13(10-18)5-8-15(16)20-11-12-3-6-14(17)7-4-12/h3-10H,2,11H2,1H3. The van der Waals surface area contributed by atoms with Crippen LogP contribution in [0.15, 0.2) is 42.5 Å². The van der Waals surface area contributed by atoms with E-state index in [1.165, 1.54) is 12.1 Å². The van der Waals surface area contributed by atoms with Crippen LogP contribution in [0, 0.1) is 5.82 Å². The van der Waals surface area contributed by atoms with Crippen molar-refractivity contribution in [1.29, 1.82) is 0 Å². The third-order valence-corrected chi connectivity index (χ3v) is 2.71. The van der Waals surface area contributed by atoms with Crippen LogP contribution >= 0.6 is 0 Å². The van der Waals surface area contributed by atoms with Crippen LogP contribution in [0.25, 0.3) is 0 Å². The summed E-state index contributed by atoms with van der Waals surface area (Å²) in [7, 11) is 0. The second kappa shape index (κ2) is 6.70. The van der Waals surface area contributed by atoms with Crippen LogP contribution in [0.2, 0.25) is 0 Å². The molecular formula is C16H15FO3. The van der Waals surface area contributed by atoms with Gasteiger partial charge in [-0.2, -0.15) is 0 Å². The molecule has 0 amide bonds. The van der Waals surface area contributed by atoms with Gasteiger partial charge >= 0.3 is 0 Å². The van der Waals surface area contributed by atoms with Crippen LogP contribution in [0.3, 0.4) is 0 Å². The quantitative estimate of drug-likeness (QED) is 0.755. The lowest BCUT2D eigenvalue weighted by Crippen LogP contribution is -2.00. The second-order valence-electron chi connectivity index (χ2n) is 4.17. The number of hydrogen-bond acceptors (Lipinski definition) is 3. The van der Waals surface area contributed by atoms with E-state index in [9.17, 15) is 9.18 Å². The molecule has 20 heavy (non-hydrogen) atoms. The fraction of sp³-hybridized carbons (Fsp3) is 0.188. The van der Waals surface area contributed by atoms with Crippen molar-refractivity contribution in [1.82, 2.24) is 0 Å². The number of carbonyl (C=O) groups is 1. The number of carbonyl (C=O) groups excluding carboxylic acids is 1.